The highest BCUT2D eigenvalue weighted by atomic mass is 79.9. The van der Waals surface area contributed by atoms with Crippen LogP contribution in [0.3, 0.4) is 0 Å². The zero-order chi connectivity index (χ0) is 101. The maximum absolute atomic E-state index is 16.2. The summed E-state index contributed by atoms with van der Waals surface area (Å²) >= 11 is 7.85. The van der Waals surface area contributed by atoms with Crippen molar-refractivity contribution in [2.45, 2.75) is 148 Å². The van der Waals surface area contributed by atoms with E-state index in [0.717, 1.165) is 181 Å². The standard InChI is InChI=1S/C75H71FN2O2Si2.C37H19Br2FO2.C19H27NSi/c1-73(2,3)48-27-32-53(33-28-48)77(55-36-40-57(41-37-55)81(7,8)9)63-46-61-69(71-67(63)59-25-19-20-26-65(59)79-71)70-62(75(61,50-21-15-13-16-22-50)51-23-17-14-18-24-51)47-64(68-60-45-52(76)31-44-66(60)80-72(68)70)78(54-34-29-49(30-35-54)74(4,5)6)56-38-42-58(43-39-56)82(10,11)12;38-27-18-25-33(35-31(27)23-13-7-8-14-29(23)41-35)34-26(19-28(39)32-24-17-22(40)15-16-30(24)42-36(32)34)37(25,20-9-3-1-4-10-20)21-11-5-2-6-12-21;1-19(2,3)15-7-9-16(10-8-15)20-17-11-13-18(14-12-17)21(4,5)6/h13-47H,1-12H3;1-19H;7-14,20H,1-6H3. The van der Waals surface area contributed by atoms with Gasteiger partial charge in [-0.25, -0.2) is 8.78 Å². The number of hydrogen-bond acceptors (Lipinski definition) is 7. The highest BCUT2D eigenvalue weighted by Gasteiger charge is 2.53. The lowest BCUT2D eigenvalue weighted by Crippen LogP contribution is -2.37. The lowest BCUT2D eigenvalue weighted by molar-refractivity contribution is 0.590. The van der Waals surface area contributed by atoms with Gasteiger partial charge < -0.3 is 32.8 Å². The summed E-state index contributed by atoms with van der Waals surface area (Å²) < 4.78 is 60.9. The van der Waals surface area contributed by atoms with Gasteiger partial charge in [-0.1, -0.05) is 399 Å². The van der Waals surface area contributed by atoms with Gasteiger partial charge in [0, 0.05) is 97.6 Å². The summed E-state index contributed by atoms with van der Waals surface area (Å²) in [6, 6.07) is 133. The minimum atomic E-state index is -1.70. The third kappa shape index (κ3) is 16.6. The Bertz CT molecular complexity index is 8520. The summed E-state index contributed by atoms with van der Waals surface area (Å²) in [5.41, 5.74) is 28.9. The van der Waals surface area contributed by atoms with Crippen molar-refractivity contribution in [1.82, 2.24) is 0 Å². The molecule has 1 N–H and O–H groups in total. The number of halogens is 4. The predicted molar refractivity (Wildman–Crippen MR) is 622 cm³/mol. The van der Waals surface area contributed by atoms with E-state index in [1.807, 2.05) is 30.3 Å². The Balaban J connectivity index is 0.000000156. The summed E-state index contributed by atoms with van der Waals surface area (Å²) in [5.74, 6) is -0.632. The molecule has 145 heavy (non-hydrogen) atoms. The molecule has 18 aromatic carbocycles. The van der Waals surface area contributed by atoms with Crippen LogP contribution in [0.5, 0.6) is 0 Å². The van der Waals surface area contributed by atoms with Gasteiger partial charge in [0.15, 0.2) is 0 Å². The van der Waals surface area contributed by atoms with E-state index in [9.17, 15) is 4.39 Å². The van der Waals surface area contributed by atoms with Crippen molar-refractivity contribution in [2.24, 2.45) is 0 Å². The first-order valence-corrected chi connectivity index (χ1v) is 62.3. The van der Waals surface area contributed by atoms with E-state index in [2.05, 4.69) is 478 Å². The number of para-hydroxylation sites is 2. The Morgan fingerprint density at radius 1 is 0.262 bits per heavy atom. The first-order chi connectivity index (χ1) is 69.3. The number of benzene rings is 18. The van der Waals surface area contributed by atoms with Crippen LogP contribution in [-0.2, 0) is 27.1 Å². The molecule has 14 heteroatoms. The Hall–Kier alpha value is -14.0. The Labute approximate surface area is 867 Å². The fraction of sp³-hybridized carbons (Fsp3) is 0.176. The number of fused-ring (bicyclic) bond motifs is 22. The van der Waals surface area contributed by atoms with Gasteiger partial charge in [0.05, 0.1) is 57.2 Å². The fourth-order valence-electron chi connectivity index (χ4n) is 22.2. The summed E-state index contributed by atoms with van der Waals surface area (Å²) in [6.07, 6.45) is 0. The van der Waals surface area contributed by atoms with Crippen molar-refractivity contribution in [1.29, 1.82) is 0 Å². The molecule has 0 amide bonds. The third-order valence-electron chi connectivity index (χ3n) is 29.8. The molecule has 0 aliphatic heterocycles. The molecule has 0 saturated heterocycles. The topological polar surface area (TPSA) is 71.1 Å². The van der Waals surface area contributed by atoms with E-state index in [1.54, 1.807) is 24.3 Å². The van der Waals surface area contributed by atoms with Gasteiger partial charge in [-0.15, -0.1) is 0 Å². The smallest absolute Gasteiger partial charge is 0.145 e. The molecule has 0 saturated carbocycles. The first-order valence-electron chi connectivity index (χ1n) is 50.2. The lowest BCUT2D eigenvalue weighted by Gasteiger charge is -2.36. The second kappa shape index (κ2) is 36.1. The van der Waals surface area contributed by atoms with Crippen LogP contribution in [0.2, 0.25) is 58.9 Å². The summed E-state index contributed by atoms with van der Waals surface area (Å²) in [6.45, 7) is 41.8. The van der Waals surface area contributed by atoms with Crippen LogP contribution in [-0.4, -0.2) is 24.2 Å². The largest absolute Gasteiger partial charge is 0.455 e. The van der Waals surface area contributed by atoms with Crippen LogP contribution in [0.1, 0.15) is 124 Å². The number of nitrogens with one attached hydrogen (secondary N) is 1. The molecule has 0 fully saturated rings. The second-order valence-corrected chi connectivity index (χ2v) is 62.2. The summed E-state index contributed by atoms with van der Waals surface area (Å²) in [4.78, 5) is 4.83. The van der Waals surface area contributed by atoms with E-state index in [-0.39, 0.29) is 27.9 Å². The average Bonchev–Trinajstić information content (AvgIpc) is 1.51. The van der Waals surface area contributed by atoms with Gasteiger partial charge >= 0.3 is 0 Å². The number of furan rings is 4. The third-order valence-corrected chi connectivity index (χ3v) is 37.2. The molecule has 7 nitrogen and oxygen atoms in total. The SMILES string of the molecule is CC(C)(C)c1ccc(N(c2ccc([Si](C)(C)C)cc2)c2cc3c(c4oc5ccccc5c24)-c2c(cc(N(c4ccc(C(C)(C)C)cc4)c4ccc([Si](C)(C)C)cc4)c4c2oc2ccc(F)cc24)C3(c2ccccc2)c2ccccc2)cc1.CC(C)(C)c1ccc(Nc2ccc([Si](C)(C)C)cc2)cc1.Fc1ccc2oc3c4c(cc(Br)c3c2c1)C(c1ccccc1)(c1ccccc1)c1cc(Br)c2c(oc3ccccc32)c1-4. The van der Waals surface area contributed by atoms with Crippen molar-refractivity contribution in [2.75, 3.05) is 15.1 Å². The van der Waals surface area contributed by atoms with E-state index in [4.69, 9.17) is 17.7 Å². The van der Waals surface area contributed by atoms with Crippen LogP contribution in [0.25, 0.3) is 110 Å². The molecule has 0 spiro atoms. The number of hydrogen-bond donors (Lipinski definition) is 1. The van der Waals surface area contributed by atoms with Crippen LogP contribution < -0.4 is 30.7 Å². The Morgan fingerprint density at radius 2 is 0.510 bits per heavy atom. The van der Waals surface area contributed by atoms with Crippen LogP contribution >= 0.6 is 31.9 Å². The van der Waals surface area contributed by atoms with Crippen molar-refractivity contribution in [3.63, 3.8) is 0 Å². The minimum absolute atomic E-state index is 0.0454. The van der Waals surface area contributed by atoms with Gasteiger partial charge in [0.25, 0.3) is 0 Å². The van der Waals surface area contributed by atoms with E-state index >= 15 is 4.39 Å². The first kappa shape index (κ1) is 95.9. The molecule has 4 aromatic heterocycles. The zero-order valence-corrected chi connectivity index (χ0v) is 91.5. The van der Waals surface area contributed by atoms with Crippen LogP contribution in [0.15, 0.2) is 403 Å². The summed E-state index contributed by atoms with van der Waals surface area (Å²) in [7, 11) is -4.57. The molecule has 0 unspecified atom stereocenters. The van der Waals surface area contributed by atoms with Crippen LogP contribution in [0, 0.1) is 11.6 Å². The molecule has 22 aromatic rings. The molecule has 24 rings (SSSR count). The van der Waals surface area contributed by atoms with Crippen molar-refractivity contribution >= 4 is 205 Å². The van der Waals surface area contributed by atoms with Gasteiger partial charge in [0.2, 0.25) is 0 Å². The normalized spacial score (nSPS) is 13.4. The average molecular weight is 2080 g/mol. The fourth-order valence-corrected chi connectivity index (χ4v) is 27.0. The molecule has 0 bridgehead atoms. The maximum Gasteiger partial charge on any atom is 0.145 e. The van der Waals surface area contributed by atoms with Gasteiger partial charge in [-0.05, 0) is 223 Å². The molecule has 4 heterocycles. The molecular formula is C131H117Br2F2N3O4Si3. The van der Waals surface area contributed by atoms with Crippen molar-refractivity contribution < 1.29 is 26.4 Å². The Kier molecular flexibility index (Phi) is 23.8. The summed E-state index contributed by atoms with van der Waals surface area (Å²) in [5, 5.41) is 14.9. The highest BCUT2D eigenvalue weighted by Crippen LogP contribution is 2.67. The van der Waals surface area contributed by atoms with Crippen molar-refractivity contribution in [3.05, 3.63) is 458 Å². The van der Waals surface area contributed by atoms with Crippen LogP contribution in [0.4, 0.5) is 54.3 Å². The minimum Gasteiger partial charge on any atom is -0.455 e. The maximum atomic E-state index is 16.2. The van der Waals surface area contributed by atoms with Gasteiger partial charge in [0.1, 0.15) is 56.3 Å². The van der Waals surface area contributed by atoms with Crippen molar-refractivity contribution in [3.8, 4) is 22.3 Å². The lowest BCUT2D eigenvalue weighted by atomic mass is 9.67. The van der Waals surface area contributed by atoms with E-state index in [1.165, 1.54) is 44.4 Å². The number of nitrogens with zero attached hydrogens (tertiary/aromatic N) is 2. The van der Waals surface area contributed by atoms with Gasteiger partial charge in [-0.3, -0.25) is 0 Å². The van der Waals surface area contributed by atoms with Gasteiger partial charge in [-0.2, -0.15) is 0 Å². The monoisotopic (exact) mass is 2080 g/mol. The Morgan fingerprint density at radius 3 is 0.834 bits per heavy atom. The zero-order valence-electron chi connectivity index (χ0n) is 85.3. The number of rotatable bonds is 15. The molecular weight excluding hydrogens is 1960 g/mol. The second-order valence-electron chi connectivity index (χ2n) is 45.3. The molecule has 2 aliphatic rings. The highest BCUT2D eigenvalue weighted by molar-refractivity contribution is 9.11. The van der Waals surface area contributed by atoms with E-state index < -0.39 is 35.1 Å². The van der Waals surface area contributed by atoms with E-state index in [0.29, 0.717) is 27.7 Å². The quantitative estimate of drug-likeness (QED) is 0.103. The molecule has 0 atom stereocenters. The predicted octanol–water partition coefficient (Wildman–Crippen LogP) is 37.4. The molecule has 0 radical (unpaired) electrons. The number of anilines is 8. The molecule has 720 valence electrons. The molecule has 2 aliphatic carbocycles.